The number of halogens is 1. The van der Waals surface area contributed by atoms with E-state index in [0.29, 0.717) is 24.7 Å². The Balaban J connectivity index is 1.65. The maximum atomic E-state index is 14.0. The molecule has 28 heavy (non-hydrogen) atoms. The summed E-state index contributed by atoms with van der Waals surface area (Å²) in [4.78, 5) is 7.72. The van der Waals surface area contributed by atoms with Crippen LogP contribution in [-0.4, -0.2) is 35.3 Å². The lowest BCUT2D eigenvalue weighted by Crippen LogP contribution is -2.47. The molecule has 0 radical (unpaired) electrons. The summed E-state index contributed by atoms with van der Waals surface area (Å²) >= 11 is 0. The molecule has 0 unspecified atom stereocenters. The number of ether oxygens (including phenoxy) is 1. The Morgan fingerprint density at radius 1 is 1.29 bits per heavy atom. The number of aromatic amines is 1. The minimum atomic E-state index is -0.281. The van der Waals surface area contributed by atoms with Crippen LogP contribution >= 0.6 is 0 Å². The zero-order valence-electron chi connectivity index (χ0n) is 16.1. The second kappa shape index (κ2) is 7.77. The molecule has 1 fully saturated rings. The predicted molar refractivity (Wildman–Crippen MR) is 111 cm³/mol. The maximum Gasteiger partial charge on any atom is 0.145 e. The van der Waals surface area contributed by atoms with Crippen LogP contribution in [-0.2, 0) is 4.74 Å². The standard InChI is InChI=1S/C21H26FN5O/c1-12(2)21-15(22)3-4-20(27-21)26-19-10-13(9-18-14(19)5-7-24-18)25-17-6-8-28-11-16(17)23/h3-5,7,9-10,12,16-17,24-25H,6,8,11,23H2,1-2H3,(H,26,27)/t16-,17+/m0/s1. The average molecular weight is 383 g/mol. The van der Waals surface area contributed by atoms with E-state index >= 15 is 0 Å². The number of nitrogens with one attached hydrogen (secondary N) is 3. The number of nitrogens with zero attached hydrogens (tertiary/aromatic N) is 1. The van der Waals surface area contributed by atoms with Gasteiger partial charge in [-0.05, 0) is 42.7 Å². The van der Waals surface area contributed by atoms with Gasteiger partial charge in [0.25, 0.3) is 0 Å². The van der Waals surface area contributed by atoms with Crippen LogP contribution in [0.15, 0.2) is 36.5 Å². The van der Waals surface area contributed by atoms with Crippen molar-refractivity contribution in [1.82, 2.24) is 9.97 Å². The van der Waals surface area contributed by atoms with Gasteiger partial charge in [0.2, 0.25) is 0 Å². The van der Waals surface area contributed by atoms with Crippen LogP contribution in [0.1, 0.15) is 31.9 Å². The molecular formula is C21H26FN5O. The third-order valence-corrected chi connectivity index (χ3v) is 5.10. The number of rotatable bonds is 5. The maximum absolute atomic E-state index is 14.0. The van der Waals surface area contributed by atoms with Gasteiger partial charge < -0.3 is 26.1 Å². The van der Waals surface area contributed by atoms with E-state index in [1.54, 1.807) is 6.07 Å². The Morgan fingerprint density at radius 2 is 2.14 bits per heavy atom. The molecule has 1 aliphatic rings. The largest absolute Gasteiger partial charge is 0.380 e. The molecule has 148 valence electrons. The lowest BCUT2D eigenvalue weighted by Gasteiger charge is -2.30. The Morgan fingerprint density at radius 3 is 2.93 bits per heavy atom. The monoisotopic (exact) mass is 383 g/mol. The van der Waals surface area contributed by atoms with E-state index < -0.39 is 0 Å². The lowest BCUT2D eigenvalue weighted by molar-refractivity contribution is 0.0752. The van der Waals surface area contributed by atoms with Crippen molar-refractivity contribution in [2.24, 2.45) is 5.73 Å². The van der Waals surface area contributed by atoms with Crippen molar-refractivity contribution < 1.29 is 9.13 Å². The number of H-pyrrole nitrogens is 1. The van der Waals surface area contributed by atoms with Crippen molar-refractivity contribution in [3.63, 3.8) is 0 Å². The van der Waals surface area contributed by atoms with Crippen molar-refractivity contribution in [3.8, 4) is 0 Å². The second-order valence-electron chi connectivity index (χ2n) is 7.58. The van der Waals surface area contributed by atoms with Crippen LogP contribution in [0.25, 0.3) is 10.9 Å². The third-order valence-electron chi connectivity index (χ3n) is 5.10. The Hall–Kier alpha value is -2.64. The fourth-order valence-corrected chi connectivity index (χ4v) is 3.58. The van der Waals surface area contributed by atoms with Gasteiger partial charge in [-0.3, -0.25) is 0 Å². The molecule has 6 nitrogen and oxygen atoms in total. The van der Waals surface area contributed by atoms with Crippen molar-refractivity contribution in [2.75, 3.05) is 23.8 Å². The van der Waals surface area contributed by atoms with Crippen molar-refractivity contribution >= 4 is 28.1 Å². The molecule has 3 aromatic rings. The minimum Gasteiger partial charge on any atom is -0.380 e. The van der Waals surface area contributed by atoms with Crippen LogP contribution in [0.3, 0.4) is 0 Å². The highest BCUT2D eigenvalue weighted by Gasteiger charge is 2.22. The summed E-state index contributed by atoms with van der Waals surface area (Å²) in [5.41, 5.74) is 9.50. The third kappa shape index (κ3) is 3.81. The molecule has 2 atom stereocenters. The molecule has 1 aromatic carbocycles. The van der Waals surface area contributed by atoms with Crippen LogP contribution in [0, 0.1) is 5.82 Å². The van der Waals surface area contributed by atoms with E-state index in [4.69, 9.17) is 10.5 Å². The second-order valence-corrected chi connectivity index (χ2v) is 7.58. The summed E-state index contributed by atoms with van der Waals surface area (Å²) in [6.07, 6.45) is 2.77. The smallest absolute Gasteiger partial charge is 0.145 e. The van der Waals surface area contributed by atoms with Crippen molar-refractivity contribution in [3.05, 3.63) is 48.0 Å². The van der Waals surface area contributed by atoms with Gasteiger partial charge in [0, 0.05) is 41.5 Å². The first kappa shape index (κ1) is 18.7. The van der Waals surface area contributed by atoms with Gasteiger partial charge in [-0.15, -0.1) is 0 Å². The van der Waals surface area contributed by atoms with E-state index in [9.17, 15) is 4.39 Å². The van der Waals surface area contributed by atoms with Crippen molar-refractivity contribution in [1.29, 1.82) is 0 Å². The van der Waals surface area contributed by atoms with E-state index in [1.807, 2.05) is 32.2 Å². The summed E-state index contributed by atoms with van der Waals surface area (Å²) in [6, 6.07) is 9.35. The molecule has 0 aliphatic carbocycles. The molecule has 0 spiro atoms. The number of fused-ring (bicyclic) bond motifs is 1. The first-order valence-corrected chi connectivity index (χ1v) is 9.65. The van der Waals surface area contributed by atoms with Gasteiger partial charge in [-0.1, -0.05) is 13.8 Å². The molecule has 1 saturated heterocycles. The van der Waals surface area contributed by atoms with Crippen molar-refractivity contribution in [2.45, 2.75) is 38.3 Å². The average Bonchev–Trinajstić information content (AvgIpc) is 3.14. The SMILES string of the molecule is CC(C)c1nc(Nc2cc(N[C@@H]3CCOC[C@@H]3N)cc3[nH]ccc23)ccc1F. The fraction of sp³-hybridized carbons (Fsp3) is 0.381. The predicted octanol–water partition coefficient (Wildman–Crippen LogP) is 4.10. The molecule has 0 saturated carbocycles. The van der Waals surface area contributed by atoms with Gasteiger partial charge in [0.05, 0.1) is 18.0 Å². The number of hydrogen-bond donors (Lipinski definition) is 4. The Bertz CT molecular complexity index is 971. The summed E-state index contributed by atoms with van der Waals surface area (Å²) < 4.78 is 19.4. The highest BCUT2D eigenvalue weighted by atomic mass is 19.1. The molecule has 0 amide bonds. The normalized spacial score (nSPS) is 19.9. The lowest BCUT2D eigenvalue weighted by atomic mass is 10.0. The quantitative estimate of drug-likeness (QED) is 0.533. The van der Waals surface area contributed by atoms with Gasteiger partial charge >= 0.3 is 0 Å². The molecule has 3 heterocycles. The molecule has 5 N–H and O–H groups in total. The first-order valence-electron chi connectivity index (χ1n) is 9.65. The summed E-state index contributed by atoms with van der Waals surface area (Å²) in [5, 5.41) is 7.92. The number of benzene rings is 1. The number of pyridine rings is 1. The van der Waals surface area contributed by atoms with E-state index in [0.717, 1.165) is 28.7 Å². The molecule has 0 bridgehead atoms. The summed E-state index contributed by atoms with van der Waals surface area (Å²) in [7, 11) is 0. The van der Waals surface area contributed by atoms with Gasteiger partial charge in [0.1, 0.15) is 11.6 Å². The Kier molecular flexibility index (Phi) is 5.19. The molecule has 4 rings (SSSR count). The highest BCUT2D eigenvalue weighted by molar-refractivity contribution is 5.96. The number of aromatic nitrogens is 2. The van der Waals surface area contributed by atoms with Gasteiger partial charge in [-0.25, -0.2) is 9.37 Å². The van der Waals surface area contributed by atoms with Gasteiger partial charge in [0.15, 0.2) is 0 Å². The zero-order valence-corrected chi connectivity index (χ0v) is 16.1. The van der Waals surface area contributed by atoms with Crippen LogP contribution < -0.4 is 16.4 Å². The van der Waals surface area contributed by atoms with E-state index in [2.05, 4.69) is 26.7 Å². The molecular weight excluding hydrogens is 357 g/mol. The van der Waals surface area contributed by atoms with Crippen LogP contribution in [0.5, 0.6) is 0 Å². The zero-order chi connectivity index (χ0) is 19.7. The van der Waals surface area contributed by atoms with E-state index in [1.165, 1.54) is 6.07 Å². The molecule has 7 heteroatoms. The highest BCUT2D eigenvalue weighted by Crippen LogP contribution is 2.31. The number of nitrogens with two attached hydrogens (primary N) is 1. The fourth-order valence-electron chi connectivity index (χ4n) is 3.58. The van der Waals surface area contributed by atoms with Crippen LogP contribution in [0.4, 0.5) is 21.6 Å². The Labute approximate surface area is 163 Å². The number of hydrogen-bond acceptors (Lipinski definition) is 5. The van der Waals surface area contributed by atoms with E-state index in [-0.39, 0.29) is 23.8 Å². The van der Waals surface area contributed by atoms with Gasteiger partial charge in [-0.2, -0.15) is 0 Å². The molecule has 1 aliphatic heterocycles. The summed E-state index contributed by atoms with van der Waals surface area (Å²) in [5.74, 6) is 0.348. The number of anilines is 3. The molecule has 2 aromatic heterocycles. The topological polar surface area (TPSA) is 88.0 Å². The first-order chi connectivity index (χ1) is 13.5. The minimum absolute atomic E-state index is 0.0111. The van der Waals surface area contributed by atoms with Crippen LogP contribution in [0.2, 0.25) is 0 Å². The summed E-state index contributed by atoms with van der Waals surface area (Å²) in [6.45, 7) is 5.13.